The van der Waals surface area contributed by atoms with E-state index in [1.165, 1.54) is 16.8 Å². The molecule has 0 aliphatic rings. The number of benzene rings is 1. The Labute approximate surface area is 115 Å². The van der Waals surface area contributed by atoms with Gasteiger partial charge < -0.3 is 10.6 Å². The third kappa shape index (κ3) is 3.32. The summed E-state index contributed by atoms with van der Waals surface area (Å²) < 4.78 is 0. The summed E-state index contributed by atoms with van der Waals surface area (Å²) in [4.78, 5) is 6.28. The number of hydrogen-bond donors (Lipinski definition) is 1. The second-order valence-corrected chi connectivity index (χ2v) is 4.79. The van der Waals surface area contributed by atoms with Crippen LogP contribution >= 0.6 is 0 Å². The van der Waals surface area contributed by atoms with Crippen LogP contribution in [0.25, 0.3) is 0 Å². The Hall–Kier alpha value is -1.87. The standard InChI is InChI=1S/C16H21N3/c1-3-15(17)14-6-4-5-7-16(14)19(2)12-13-8-10-18-11-9-13/h4-11,15H,3,12,17H2,1-2H3/t15-/m0/s1. The molecule has 0 aliphatic heterocycles. The minimum Gasteiger partial charge on any atom is -0.370 e. The Morgan fingerprint density at radius 3 is 2.53 bits per heavy atom. The van der Waals surface area contributed by atoms with Crippen molar-refractivity contribution >= 4 is 5.69 Å². The largest absolute Gasteiger partial charge is 0.370 e. The molecule has 100 valence electrons. The van der Waals surface area contributed by atoms with E-state index in [0.717, 1.165) is 13.0 Å². The second-order valence-electron chi connectivity index (χ2n) is 4.79. The molecule has 1 atom stereocenters. The van der Waals surface area contributed by atoms with Crippen molar-refractivity contribution in [2.75, 3.05) is 11.9 Å². The van der Waals surface area contributed by atoms with Crippen LogP contribution in [0.3, 0.4) is 0 Å². The summed E-state index contributed by atoms with van der Waals surface area (Å²) in [6.45, 7) is 2.97. The summed E-state index contributed by atoms with van der Waals surface area (Å²) >= 11 is 0. The van der Waals surface area contributed by atoms with E-state index >= 15 is 0 Å². The van der Waals surface area contributed by atoms with Crippen LogP contribution in [0.1, 0.15) is 30.5 Å². The molecule has 2 N–H and O–H groups in total. The molecule has 3 heteroatoms. The second kappa shape index (κ2) is 6.34. The molecule has 0 bridgehead atoms. The molecule has 1 heterocycles. The van der Waals surface area contributed by atoms with Crippen molar-refractivity contribution in [3.63, 3.8) is 0 Å². The van der Waals surface area contributed by atoms with Crippen LogP contribution in [-0.2, 0) is 6.54 Å². The van der Waals surface area contributed by atoms with Crippen molar-refractivity contribution in [1.29, 1.82) is 0 Å². The van der Waals surface area contributed by atoms with Crippen LogP contribution in [0, 0.1) is 0 Å². The van der Waals surface area contributed by atoms with Crippen LogP contribution in [-0.4, -0.2) is 12.0 Å². The number of aromatic nitrogens is 1. The number of nitrogens with two attached hydrogens (primary N) is 1. The minimum atomic E-state index is 0.0936. The molecular formula is C16H21N3. The van der Waals surface area contributed by atoms with Crippen LogP contribution < -0.4 is 10.6 Å². The van der Waals surface area contributed by atoms with Gasteiger partial charge in [-0.25, -0.2) is 0 Å². The number of pyridine rings is 1. The molecule has 0 saturated heterocycles. The van der Waals surface area contributed by atoms with Crippen molar-refractivity contribution in [3.05, 3.63) is 59.9 Å². The Morgan fingerprint density at radius 1 is 1.16 bits per heavy atom. The van der Waals surface area contributed by atoms with Crippen molar-refractivity contribution in [2.24, 2.45) is 5.73 Å². The maximum absolute atomic E-state index is 6.19. The number of anilines is 1. The lowest BCUT2D eigenvalue weighted by Gasteiger charge is -2.24. The third-order valence-electron chi connectivity index (χ3n) is 3.36. The van der Waals surface area contributed by atoms with Crippen LogP contribution in [0.15, 0.2) is 48.8 Å². The zero-order valence-electron chi connectivity index (χ0n) is 11.6. The van der Waals surface area contributed by atoms with Crippen molar-refractivity contribution in [2.45, 2.75) is 25.9 Å². The monoisotopic (exact) mass is 255 g/mol. The topological polar surface area (TPSA) is 42.1 Å². The highest BCUT2D eigenvalue weighted by Crippen LogP contribution is 2.26. The Kier molecular flexibility index (Phi) is 4.53. The number of rotatable bonds is 5. The molecule has 1 aromatic carbocycles. The van der Waals surface area contributed by atoms with Gasteiger partial charge in [0.25, 0.3) is 0 Å². The summed E-state index contributed by atoms with van der Waals surface area (Å²) in [5.41, 5.74) is 9.85. The van der Waals surface area contributed by atoms with Gasteiger partial charge in [-0.1, -0.05) is 25.1 Å². The zero-order valence-corrected chi connectivity index (χ0v) is 11.6. The summed E-state index contributed by atoms with van der Waals surface area (Å²) in [5.74, 6) is 0. The van der Waals surface area contributed by atoms with E-state index in [-0.39, 0.29) is 6.04 Å². The van der Waals surface area contributed by atoms with Crippen LogP contribution in [0.4, 0.5) is 5.69 Å². The quantitative estimate of drug-likeness (QED) is 0.892. The highest BCUT2D eigenvalue weighted by Gasteiger charge is 2.12. The molecule has 0 radical (unpaired) electrons. The molecule has 0 amide bonds. The minimum absolute atomic E-state index is 0.0936. The first-order chi connectivity index (χ1) is 9.22. The lowest BCUT2D eigenvalue weighted by Crippen LogP contribution is -2.20. The van der Waals surface area contributed by atoms with E-state index < -0.39 is 0 Å². The van der Waals surface area contributed by atoms with Gasteiger partial charge in [0.2, 0.25) is 0 Å². The van der Waals surface area contributed by atoms with Crippen LogP contribution in [0.5, 0.6) is 0 Å². The van der Waals surface area contributed by atoms with Gasteiger partial charge in [0.15, 0.2) is 0 Å². The van der Waals surface area contributed by atoms with Gasteiger partial charge in [-0.3, -0.25) is 4.98 Å². The molecule has 0 aliphatic carbocycles. The van der Waals surface area contributed by atoms with Crippen molar-refractivity contribution in [1.82, 2.24) is 4.98 Å². The van der Waals surface area contributed by atoms with E-state index in [1.807, 2.05) is 24.5 Å². The maximum Gasteiger partial charge on any atom is 0.0427 e. The first-order valence-corrected chi connectivity index (χ1v) is 6.67. The van der Waals surface area contributed by atoms with Gasteiger partial charge >= 0.3 is 0 Å². The van der Waals surface area contributed by atoms with Gasteiger partial charge in [0.1, 0.15) is 0 Å². The van der Waals surface area contributed by atoms with E-state index in [4.69, 9.17) is 5.73 Å². The lowest BCUT2D eigenvalue weighted by molar-refractivity contribution is 0.694. The third-order valence-corrected chi connectivity index (χ3v) is 3.36. The number of nitrogens with zero attached hydrogens (tertiary/aromatic N) is 2. The van der Waals surface area contributed by atoms with Crippen molar-refractivity contribution < 1.29 is 0 Å². The summed E-state index contributed by atoms with van der Waals surface area (Å²) in [6.07, 6.45) is 4.60. The van der Waals surface area contributed by atoms with E-state index in [2.05, 4.69) is 48.1 Å². The Morgan fingerprint density at radius 2 is 1.84 bits per heavy atom. The molecule has 0 spiro atoms. The fraction of sp³-hybridized carbons (Fsp3) is 0.312. The van der Waals surface area contributed by atoms with E-state index in [1.54, 1.807) is 0 Å². The molecular weight excluding hydrogens is 234 g/mol. The van der Waals surface area contributed by atoms with E-state index in [0.29, 0.717) is 0 Å². The molecule has 1 aromatic heterocycles. The average Bonchev–Trinajstić information content (AvgIpc) is 2.47. The number of para-hydroxylation sites is 1. The predicted molar refractivity (Wildman–Crippen MR) is 80.0 cm³/mol. The maximum atomic E-state index is 6.19. The molecule has 0 saturated carbocycles. The van der Waals surface area contributed by atoms with Gasteiger partial charge in [-0.2, -0.15) is 0 Å². The van der Waals surface area contributed by atoms with Crippen LogP contribution in [0.2, 0.25) is 0 Å². The summed E-state index contributed by atoms with van der Waals surface area (Å²) in [7, 11) is 2.10. The first kappa shape index (κ1) is 13.6. The highest BCUT2D eigenvalue weighted by atomic mass is 15.1. The molecule has 2 rings (SSSR count). The normalized spacial score (nSPS) is 12.2. The van der Waals surface area contributed by atoms with E-state index in [9.17, 15) is 0 Å². The molecule has 0 fully saturated rings. The molecule has 0 unspecified atom stereocenters. The lowest BCUT2D eigenvalue weighted by atomic mass is 10.0. The fourth-order valence-electron chi connectivity index (χ4n) is 2.22. The molecule has 3 nitrogen and oxygen atoms in total. The van der Waals surface area contributed by atoms with Crippen molar-refractivity contribution in [3.8, 4) is 0 Å². The summed E-state index contributed by atoms with van der Waals surface area (Å²) in [5, 5.41) is 0. The highest BCUT2D eigenvalue weighted by molar-refractivity contribution is 5.54. The average molecular weight is 255 g/mol. The fourth-order valence-corrected chi connectivity index (χ4v) is 2.22. The smallest absolute Gasteiger partial charge is 0.0427 e. The predicted octanol–water partition coefficient (Wildman–Crippen LogP) is 3.13. The van der Waals surface area contributed by atoms with Gasteiger partial charge in [-0.15, -0.1) is 0 Å². The van der Waals surface area contributed by atoms with Gasteiger partial charge in [0, 0.05) is 37.7 Å². The van der Waals surface area contributed by atoms with Gasteiger partial charge in [0.05, 0.1) is 0 Å². The number of hydrogen-bond acceptors (Lipinski definition) is 3. The Balaban J connectivity index is 2.21. The molecule has 19 heavy (non-hydrogen) atoms. The van der Waals surface area contributed by atoms with Gasteiger partial charge in [-0.05, 0) is 35.7 Å². The molecule has 2 aromatic rings. The SMILES string of the molecule is CC[C@H](N)c1ccccc1N(C)Cc1ccncc1. The first-order valence-electron chi connectivity index (χ1n) is 6.67. The summed E-state index contributed by atoms with van der Waals surface area (Å²) in [6, 6.07) is 12.5. The zero-order chi connectivity index (χ0) is 13.7. The Bertz CT molecular complexity index is 510.